The van der Waals surface area contributed by atoms with Crippen molar-refractivity contribution in [3.05, 3.63) is 75.1 Å². The number of benzene rings is 2. The minimum absolute atomic E-state index is 0.174. The predicted octanol–water partition coefficient (Wildman–Crippen LogP) is 7.13. The van der Waals surface area contributed by atoms with Crippen LogP contribution in [0.1, 0.15) is 53.6 Å². The molecule has 5 nitrogen and oxygen atoms in total. The van der Waals surface area contributed by atoms with Crippen LogP contribution in [0, 0.1) is 18.3 Å². The number of rotatable bonds is 6. The second-order valence-corrected chi connectivity index (χ2v) is 11.7. The molecule has 0 radical (unpaired) electrons. The van der Waals surface area contributed by atoms with Crippen molar-refractivity contribution in [3.8, 4) is 5.75 Å². The Morgan fingerprint density at radius 2 is 1.89 bits per heavy atom. The third-order valence-electron chi connectivity index (χ3n) is 6.41. The molecule has 1 heterocycles. The molecule has 7 heteroatoms. The van der Waals surface area contributed by atoms with E-state index in [2.05, 4.69) is 31.4 Å². The molecule has 0 aliphatic heterocycles. The van der Waals surface area contributed by atoms with Gasteiger partial charge in [-0.3, -0.25) is 9.59 Å². The van der Waals surface area contributed by atoms with Crippen molar-refractivity contribution in [3.63, 3.8) is 0 Å². The quantitative estimate of drug-likeness (QED) is 0.370. The van der Waals surface area contributed by atoms with Gasteiger partial charge < -0.3 is 15.4 Å². The van der Waals surface area contributed by atoms with Crippen LogP contribution < -0.4 is 15.4 Å². The fraction of sp³-hybridized carbons (Fsp3) is 0.357. The Bertz CT molecular complexity index is 1250. The highest BCUT2D eigenvalue weighted by molar-refractivity contribution is 7.17. The number of thiophene rings is 1. The van der Waals surface area contributed by atoms with E-state index in [1.807, 2.05) is 31.2 Å². The molecule has 1 aliphatic carbocycles. The van der Waals surface area contributed by atoms with Gasteiger partial charge in [-0.25, -0.2) is 0 Å². The van der Waals surface area contributed by atoms with E-state index in [-0.39, 0.29) is 23.8 Å². The van der Waals surface area contributed by atoms with Crippen LogP contribution in [0.5, 0.6) is 5.75 Å². The minimum Gasteiger partial charge on any atom is -0.484 e. The minimum atomic E-state index is -0.319. The van der Waals surface area contributed by atoms with Crippen LogP contribution in [-0.2, 0) is 17.6 Å². The van der Waals surface area contributed by atoms with Gasteiger partial charge in [0.05, 0.1) is 5.56 Å². The van der Waals surface area contributed by atoms with Gasteiger partial charge in [-0.15, -0.1) is 11.3 Å². The van der Waals surface area contributed by atoms with Gasteiger partial charge in [0.1, 0.15) is 10.8 Å². The van der Waals surface area contributed by atoms with Gasteiger partial charge in [-0.1, -0.05) is 50.6 Å². The first-order valence-corrected chi connectivity index (χ1v) is 13.0. The number of carbonyl (C=O) groups is 2. The van der Waals surface area contributed by atoms with Crippen LogP contribution in [0.2, 0.25) is 5.02 Å². The van der Waals surface area contributed by atoms with Crippen molar-refractivity contribution >= 4 is 45.4 Å². The highest BCUT2D eigenvalue weighted by Crippen LogP contribution is 2.44. The van der Waals surface area contributed by atoms with Crippen molar-refractivity contribution in [1.29, 1.82) is 0 Å². The summed E-state index contributed by atoms with van der Waals surface area (Å²) in [6.07, 6.45) is 2.74. The summed E-state index contributed by atoms with van der Waals surface area (Å²) in [6.45, 7) is 8.60. The monoisotopic (exact) mass is 510 g/mol. The lowest BCUT2D eigenvalue weighted by Gasteiger charge is -2.33. The number of ether oxygens (including phenoxy) is 1. The average Bonchev–Trinajstić information content (AvgIpc) is 3.14. The standard InChI is InChI=1S/C28H31ClN2O3S/c1-17-7-5-9-20(13-17)30-26(33)25-22-12-11-18(28(2,3)4)14-23(22)35-27(25)31-24(32)16-34-21-10-6-8-19(29)15-21/h5-10,13,15,18H,11-12,14,16H2,1-4H3,(H,30,33)(H,31,32). The SMILES string of the molecule is Cc1cccc(NC(=O)c2c(NC(=O)COc3cccc(Cl)c3)sc3c2CCC(C(C)(C)C)C3)c1. The molecule has 35 heavy (non-hydrogen) atoms. The lowest BCUT2D eigenvalue weighted by Crippen LogP contribution is -2.27. The van der Waals surface area contributed by atoms with Crippen LogP contribution in [0.15, 0.2) is 48.5 Å². The van der Waals surface area contributed by atoms with Crippen LogP contribution in [0.4, 0.5) is 10.7 Å². The Kier molecular flexibility index (Phi) is 7.53. The van der Waals surface area contributed by atoms with Crippen molar-refractivity contribution in [2.24, 2.45) is 11.3 Å². The third-order valence-corrected chi connectivity index (χ3v) is 7.82. The summed E-state index contributed by atoms with van der Waals surface area (Å²) < 4.78 is 5.60. The topological polar surface area (TPSA) is 67.4 Å². The van der Waals surface area contributed by atoms with Crippen LogP contribution in [0.3, 0.4) is 0 Å². The molecule has 2 aromatic carbocycles. The van der Waals surface area contributed by atoms with E-state index in [9.17, 15) is 9.59 Å². The van der Waals surface area contributed by atoms with E-state index >= 15 is 0 Å². The summed E-state index contributed by atoms with van der Waals surface area (Å²) in [5.74, 6) is 0.522. The van der Waals surface area contributed by atoms with Crippen LogP contribution >= 0.6 is 22.9 Å². The number of carbonyl (C=O) groups excluding carboxylic acids is 2. The first-order valence-electron chi connectivity index (χ1n) is 11.8. The molecule has 3 aromatic rings. The van der Waals surface area contributed by atoms with Gasteiger partial charge in [0.2, 0.25) is 0 Å². The second kappa shape index (κ2) is 10.4. The molecule has 1 aliphatic rings. The maximum atomic E-state index is 13.5. The van der Waals surface area contributed by atoms with Crippen molar-refractivity contribution in [1.82, 2.24) is 0 Å². The number of amides is 2. The zero-order chi connectivity index (χ0) is 25.2. The largest absolute Gasteiger partial charge is 0.484 e. The zero-order valence-corrected chi connectivity index (χ0v) is 22.1. The summed E-state index contributed by atoms with van der Waals surface area (Å²) in [5, 5.41) is 7.09. The lowest BCUT2D eigenvalue weighted by atomic mass is 9.72. The molecule has 184 valence electrons. The molecule has 1 atom stereocenters. The van der Waals surface area contributed by atoms with E-state index in [1.54, 1.807) is 24.3 Å². The van der Waals surface area contributed by atoms with E-state index in [0.29, 0.717) is 27.3 Å². The molecule has 1 aromatic heterocycles. The molecule has 1 unspecified atom stereocenters. The maximum Gasteiger partial charge on any atom is 0.262 e. The lowest BCUT2D eigenvalue weighted by molar-refractivity contribution is -0.118. The van der Waals surface area contributed by atoms with Crippen LogP contribution in [0.25, 0.3) is 0 Å². The summed E-state index contributed by atoms with van der Waals surface area (Å²) >= 11 is 7.51. The molecule has 0 saturated carbocycles. The molecule has 2 amide bonds. The van der Waals surface area contributed by atoms with Crippen molar-refractivity contribution in [2.45, 2.75) is 47.0 Å². The molecule has 2 N–H and O–H groups in total. The summed E-state index contributed by atoms with van der Waals surface area (Å²) in [6, 6.07) is 14.6. The number of nitrogens with one attached hydrogen (secondary N) is 2. The fourth-order valence-electron chi connectivity index (χ4n) is 4.44. The molecule has 0 saturated heterocycles. The molecule has 4 rings (SSSR count). The molecule has 0 spiro atoms. The van der Waals surface area contributed by atoms with Crippen molar-refractivity contribution < 1.29 is 14.3 Å². The smallest absolute Gasteiger partial charge is 0.262 e. The number of halogens is 1. The van der Waals surface area contributed by atoms with E-state index in [1.165, 1.54) is 16.2 Å². The summed E-state index contributed by atoms with van der Waals surface area (Å²) in [7, 11) is 0. The summed E-state index contributed by atoms with van der Waals surface area (Å²) in [4.78, 5) is 27.4. The first-order chi connectivity index (χ1) is 16.6. The molecular weight excluding hydrogens is 480 g/mol. The number of hydrogen-bond donors (Lipinski definition) is 2. The second-order valence-electron chi connectivity index (χ2n) is 10.1. The first kappa shape index (κ1) is 25.3. The Morgan fingerprint density at radius 3 is 2.60 bits per heavy atom. The number of fused-ring (bicyclic) bond motifs is 1. The number of anilines is 2. The normalized spacial score (nSPS) is 15.3. The van der Waals surface area contributed by atoms with Gasteiger partial charge >= 0.3 is 0 Å². The molecule has 0 fully saturated rings. The average molecular weight is 511 g/mol. The Labute approximate surface area is 215 Å². The molecular formula is C28H31ClN2O3S. The van der Waals surface area contributed by atoms with E-state index in [4.69, 9.17) is 16.3 Å². The van der Waals surface area contributed by atoms with Gasteiger partial charge in [0.25, 0.3) is 11.8 Å². The molecule has 0 bridgehead atoms. The number of hydrogen-bond acceptors (Lipinski definition) is 4. The van der Waals surface area contributed by atoms with E-state index < -0.39 is 0 Å². The fourth-order valence-corrected chi connectivity index (χ4v) is 5.96. The van der Waals surface area contributed by atoms with E-state index in [0.717, 1.165) is 36.1 Å². The van der Waals surface area contributed by atoms with Crippen LogP contribution in [-0.4, -0.2) is 18.4 Å². The predicted molar refractivity (Wildman–Crippen MR) is 144 cm³/mol. The third kappa shape index (κ3) is 6.24. The van der Waals surface area contributed by atoms with Gasteiger partial charge in [0, 0.05) is 15.6 Å². The summed E-state index contributed by atoms with van der Waals surface area (Å²) in [5.41, 5.74) is 3.59. The zero-order valence-electron chi connectivity index (χ0n) is 20.5. The van der Waals surface area contributed by atoms with Gasteiger partial charge in [0.15, 0.2) is 6.61 Å². The number of aryl methyl sites for hydroxylation is 1. The van der Waals surface area contributed by atoms with Gasteiger partial charge in [-0.05, 0) is 79.0 Å². The highest BCUT2D eigenvalue weighted by atomic mass is 35.5. The Morgan fingerprint density at radius 1 is 1.11 bits per heavy atom. The highest BCUT2D eigenvalue weighted by Gasteiger charge is 2.34. The van der Waals surface area contributed by atoms with Gasteiger partial charge in [-0.2, -0.15) is 0 Å². The Balaban J connectivity index is 1.57. The van der Waals surface area contributed by atoms with Crippen molar-refractivity contribution in [2.75, 3.05) is 17.2 Å². The Hall–Kier alpha value is -2.83. The maximum absolute atomic E-state index is 13.5.